The number of fused-ring (bicyclic) bond motifs is 1. The van der Waals surface area contributed by atoms with Crippen molar-refractivity contribution >= 4 is 17.5 Å². The molecule has 1 aliphatic rings. The molecule has 3 aromatic rings. The molecule has 0 atom stereocenters. The van der Waals surface area contributed by atoms with Gasteiger partial charge in [-0.05, 0) is 23.8 Å². The minimum atomic E-state index is 0.541. The first-order chi connectivity index (χ1) is 12.8. The molecule has 6 nitrogen and oxygen atoms in total. The maximum Gasteiger partial charge on any atom is 0.229 e. The molecule has 1 aromatic heterocycles. The van der Waals surface area contributed by atoms with Crippen molar-refractivity contribution in [2.24, 2.45) is 0 Å². The Kier molecular flexibility index (Phi) is 4.55. The van der Waals surface area contributed by atoms with Gasteiger partial charge < -0.3 is 19.7 Å². The van der Waals surface area contributed by atoms with Gasteiger partial charge in [-0.3, -0.25) is 0 Å². The number of hydrogen-bond acceptors (Lipinski definition) is 6. The fourth-order valence-electron chi connectivity index (χ4n) is 2.81. The van der Waals surface area contributed by atoms with Crippen LogP contribution in [-0.4, -0.2) is 30.2 Å². The van der Waals surface area contributed by atoms with Crippen LogP contribution in [-0.2, 0) is 6.54 Å². The molecule has 2 heterocycles. The van der Waals surface area contributed by atoms with Crippen molar-refractivity contribution in [3.8, 4) is 11.5 Å². The fourth-order valence-corrected chi connectivity index (χ4v) is 2.81. The zero-order valence-corrected chi connectivity index (χ0v) is 14.6. The summed E-state index contributed by atoms with van der Waals surface area (Å²) in [5, 5.41) is 3.23. The van der Waals surface area contributed by atoms with Crippen LogP contribution in [0.2, 0.25) is 0 Å². The van der Waals surface area contributed by atoms with Crippen molar-refractivity contribution in [1.29, 1.82) is 0 Å². The Hall–Kier alpha value is -3.28. The molecule has 2 aromatic carbocycles. The smallest absolute Gasteiger partial charge is 0.229 e. The lowest BCUT2D eigenvalue weighted by molar-refractivity contribution is 0.171. The lowest BCUT2D eigenvalue weighted by atomic mass is 10.2. The second-order valence-electron chi connectivity index (χ2n) is 6.06. The molecule has 0 saturated carbocycles. The molecule has 1 aliphatic heterocycles. The number of rotatable bonds is 5. The molecule has 132 valence electrons. The highest BCUT2D eigenvalue weighted by molar-refractivity contribution is 5.60. The Bertz CT molecular complexity index is 886. The van der Waals surface area contributed by atoms with Gasteiger partial charge >= 0.3 is 0 Å². The summed E-state index contributed by atoms with van der Waals surface area (Å²) in [5.74, 6) is 2.89. The van der Waals surface area contributed by atoms with Gasteiger partial charge in [0.1, 0.15) is 19.0 Å². The molecule has 0 fully saturated rings. The summed E-state index contributed by atoms with van der Waals surface area (Å²) < 4.78 is 11.2. The second-order valence-corrected chi connectivity index (χ2v) is 6.06. The van der Waals surface area contributed by atoms with Crippen molar-refractivity contribution in [2.75, 3.05) is 30.5 Å². The predicted octanol–water partition coefficient (Wildman–Crippen LogP) is 3.63. The molecular formula is C20H20N4O2. The Morgan fingerprint density at radius 1 is 1.00 bits per heavy atom. The first-order valence-corrected chi connectivity index (χ1v) is 8.53. The van der Waals surface area contributed by atoms with Crippen LogP contribution in [0.25, 0.3) is 0 Å². The van der Waals surface area contributed by atoms with E-state index < -0.39 is 0 Å². The number of hydrogen-bond donors (Lipinski definition) is 1. The van der Waals surface area contributed by atoms with Crippen molar-refractivity contribution in [3.05, 3.63) is 66.4 Å². The molecule has 26 heavy (non-hydrogen) atoms. The standard InChI is InChI=1S/C20H20N4O2/c1-24(14-15-5-3-2-4-6-15)19-9-10-21-20(23-19)22-16-7-8-17-18(13-16)26-12-11-25-17/h2-10,13H,11-12,14H2,1H3,(H,21,22,23). The monoisotopic (exact) mass is 348 g/mol. The van der Waals surface area contributed by atoms with Gasteiger partial charge in [-0.2, -0.15) is 4.98 Å². The Morgan fingerprint density at radius 2 is 1.81 bits per heavy atom. The van der Waals surface area contributed by atoms with Gasteiger partial charge in [-0.25, -0.2) is 4.98 Å². The number of benzene rings is 2. The third-order valence-electron chi connectivity index (χ3n) is 4.09. The Morgan fingerprint density at radius 3 is 2.65 bits per heavy atom. The highest BCUT2D eigenvalue weighted by atomic mass is 16.6. The fraction of sp³-hybridized carbons (Fsp3) is 0.200. The van der Waals surface area contributed by atoms with Crippen molar-refractivity contribution < 1.29 is 9.47 Å². The number of anilines is 3. The Balaban J connectivity index is 1.49. The van der Waals surface area contributed by atoms with Gasteiger partial charge in [-0.15, -0.1) is 0 Å². The van der Waals surface area contributed by atoms with E-state index in [9.17, 15) is 0 Å². The molecular weight excluding hydrogens is 328 g/mol. The van der Waals surface area contributed by atoms with Gasteiger partial charge in [-0.1, -0.05) is 30.3 Å². The second kappa shape index (κ2) is 7.31. The summed E-state index contributed by atoms with van der Waals surface area (Å²) in [5.41, 5.74) is 2.09. The number of nitrogens with one attached hydrogen (secondary N) is 1. The van der Waals surface area contributed by atoms with E-state index in [-0.39, 0.29) is 0 Å². The van der Waals surface area contributed by atoms with Crippen LogP contribution in [0.5, 0.6) is 11.5 Å². The summed E-state index contributed by atoms with van der Waals surface area (Å²) in [6.07, 6.45) is 1.75. The van der Waals surface area contributed by atoms with Gasteiger partial charge in [0.05, 0.1) is 0 Å². The minimum Gasteiger partial charge on any atom is -0.486 e. The third-order valence-corrected chi connectivity index (χ3v) is 4.09. The molecule has 0 bridgehead atoms. The average molecular weight is 348 g/mol. The van der Waals surface area contributed by atoms with E-state index in [1.54, 1.807) is 6.20 Å². The normalized spacial score (nSPS) is 12.5. The number of ether oxygens (including phenoxy) is 2. The van der Waals surface area contributed by atoms with Crippen molar-refractivity contribution in [3.63, 3.8) is 0 Å². The van der Waals surface area contributed by atoms with Crippen LogP contribution in [0.4, 0.5) is 17.5 Å². The van der Waals surface area contributed by atoms with Crippen LogP contribution in [0.3, 0.4) is 0 Å². The van der Waals surface area contributed by atoms with Gasteiger partial charge in [0.15, 0.2) is 11.5 Å². The average Bonchev–Trinajstić information content (AvgIpc) is 2.69. The summed E-state index contributed by atoms with van der Waals surface area (Å²) in [7, 11) is 2.02. The summed E-state index contributed by atoms with van der Waals surface area (Å²) >= 11 is 0. The van der Waals surface area contributed by atoms with Crippen LogP contribution in [0, 0.1) is 0 Å². The van der Waals surface area contributed by atoms with E-state index in [1.807, 2.05) is 49.5 Å². The summed E-state index contributed by atoms with van der Waals surface area (Å²) in [6, 6.07) is 17.9. The SMILES string of the molecule is CN(Cc1ccccc1)c1ccnc(Nc2ccc3c(c2)OCCO3)n1. The number of aromatic nitrogens is 2. The minimum absolute atomic E-state index is 0.541. The maximum atomic E-state index is 5.62. The lowest BCUT2D eigenvalue weighted by Gasteiger charge is -2.20. The van der Waals surface area contributed by atoms with Gasteiger partial charge in [0.25, 0.3) is 0 Å². The molecule has 0 spiro atoms. The highest BCUT2D eigenvalue weighted by Crippen LogP contribution is 2.33. The lowest BCUT2D eigenvalue weighted by Crippen LogP contribution is -2.18. The van der Waals surface area contributed by atoms with E-state index in [2.05, 4.69) is 32.3 Å². The summed E-state index contributed by atoms with van der Waals surface area (Å²) in [4.78, 5) is 11.0. The molecule has 0 aliphatic carbocycles. The molecule has 0 saturated heterocycles. The van der Waals surface area contributed by atoms with E-state index >= 15 is 0 Å². The van der Waals surface area contributed by atoms with Crippen LogP contribution in [0.1, 0.15) is 5.56 Å². The van der Waals surface area contributed by atoms with E-state index in [4.69, 9.17) is 9.47 Å². The quantitative estimate of drug-likeness (QED) is 0.760. The first kappa shape index (κ1) is 16.2. The predicted molar refractivity (Wildman–Crippen MR) is 101 cm³/mol. The molecule has 0 radical (unpaired) electrons. The molecule has 0 amide bonds. The van der Waals surface area contributed by atoms with E-state index in [1.165, 1.54) is 5.56 Å². The van der Waals surface area contributed by atoms with E-state index in [0.717, 1.165) is 29.5 Å². The van der Waals surface area contributed by atoms with Crippen LogP contribution >= 0.6 is 0 Å². The van der Waals surface area contributed by atoms with Crippen LogP contribution in [0.15, 0.2) is 60.8 Å². The Labute approximate surface area is 152 Å². The molecule has 1 N–H and O–H groups in total. The summed E-state index contributed by atoms with van der Waals surface area (Å²) in [6.45, 7) is 1.92. The molecule has 6 heteroatoms. The molecule has 4 rings (SSSR count). The highest BCUT2D eigenvalue weighted by Gasteiger charge is 2.12. The zero-order valence-electron chi connectivity index (χ0n) is 14.6. The maximum absolute atomic E-state index is 5.62. The van der Waals surface area contributed by atoms with Crippen molar-refractivity contribution in [2.45, 2.75) is 6.54 Å². The largest absolute Gasteiger partial charge is 0.486 e. The molecule has 0 unspecified atom stereocenters. The number of nitrogens with zero attached hydrogens (tertiary/aromatic N) is 3. The van der Waals surface area contributed by atoms with E-state index in [0.29, 0.717) is 19.2 Å². The first-order valence-electron chi connectivity index (χ1n) is 8.53. The van der Waals surface area contributed by atoms with Gasteiger partial charge in [0.2, 0.25) is 5.95 Å². The van der Waals surface area contributed by atoms with Gasteiger partial charge in [0, 0.05) is 31.5 Å². The van der Waals surface area contributed by atoms with Crippen LogP contribution < -0.4 is 19.7 Å². The van der Waals surface area contributed by atoms with Crippen molar-refractivity contribution in [1.82, 2.24) is 9.97 Å². The third kappa shape index (κ3) is 3.69. The zero-order chi connectivity index (χ0) is 17.8. The topological polar surface area (TPSA) is 59.5 Å².